The summed E-state index contributed by atoms with van der Waals surface area (Å²) in [6, 6.07) is 4.91. The van der Waals surface area contributed by atoms with E-state index < -0.39 is 17.7 Å². The smallest absolute Gasteiger partial charge is 0.297 e. The summed E-state index contributed by atoms with van der Waals surface area (Å²) in [6.45, 7) is 14.4. The third-order valence-electron chi connectivity index (χ3n) is 10.3. The van der Waals surface area contributed by atoms with Gasteiger partial charge in [-0.15, -0.1) is 0 Å². The fraction of sp³-hybridized carbons (Fsp3) is 0.463. The molecule has 2 aliphatic heterocycles. The summed E-state index contributed by atoms with van der Waals surface area (Å²) < 4.78 is 11.8. The first-order valence-corrected chi connectivity index (χ1v) is 21.4. The number of imidazole rings is 1. The van der Waals surface area contributed by atoms with Gasteiger partial charge < -0.3 is 46.2 Å². The largest absolute Gasteiger partial charge is 0.491 e. The number of aromatic nitrogens is 5. The van der Waals surface area contributed by atoms with E-state index in [0.717, 1.165) is 55.4 Å². The van der Waals surface area contributed by atoms with Crippen molar-refractivity contribution in [3.05, 3.63) is 74.4 Å². The maximum Gasteiger partial charge on any atom is 0.297 e. The summed E-state index contributed by atoms with van der Waals surface area (Å²) in [6.07, 6.45) is 6.67. The predicted molar refractivity (Wildman–Crippen MR) is 234 cm³/mol. The number of nitrogens with two attached hydrogens (primary N) is 3. The number of piperazine rings is 1. The minimum atomic E-state index is -0.644. The van der Waals surface area contributed by atoms with Gasteiger partial charge in [-0.2, -0.15) is 10.1 Å². The van der Waals surface area contributed by atoms with Crippen LogP contribution in [0, 0.1) is 6.92 Å². The number of rotatable bonds is 17. The average molecular weight is 857 g/mol. The molecule has 0 radical (unpaired) electrons. The average Bonchev–Trinajstić information content (AvgIpc) is 3.92. The van der Waals surface area contributed by atoms with Crippen LogP contribution >= 0.6 is 11.3 Å². The molecule has 326 valence electrons. The number of allylic oxidation sites excluding steroid dienone is 3. The second-order valence-corrected chi connectivity index (χ2v) is 15.8. The number of amides is 4. The molecule has 4 aromatic rings. The fourth-order valence-corrected chi connectivity index (χ4v) is 8.55. The van der Waals surface area contributed by atoms with E-state index in [4.69, 9.17) is 26.9 Å². The monoisotopic (exact) mass is 856 g/mol. The zero-order valence-corrected chi connectivity index (χ0v) is 36.1. The van der Waals surface area contributed by atoms with Gasteiger partial charge in [-0.1, -0.05) is 23.5 Å². The van der Waals surface area contributed by atoms with Crippen LogP contribution in [0.1, 0.15) is 64.3 Å². The first-order chi connectivity index (χ1) is 29.4. The molecule has 20 heteroatoms. The van der Waals surface area contributed by atoms with Crippen molar-refractivity contribution in [2.75, 3.05) is 64.3 Å². The Kier molecular flexibility index (Phi) is 15.0. The van der Waals surface area contributed by atoms with Crippen molar-refractivity contribution >= 4 is 57.7 Å². The van der Waals surface area contributed by atoms with Crippen molar-refractivity contribution in [1.29, 1.82) is 0 Å². The van der Waals surface area contributed by atoms with E-state index in [0.29, 0.717) is 78.7 Å². The number of benzene rings is 1. The summed E-state index contributed by atoms with van der Waals surface area (Å²) in [7, 11) is 0. The van der Waals surface area contributed by atoms with Crippen molar-refractivity contribution in [3.63, 3.8) is 0 Å². The van der Waals surface area contributed by atoms with Gasteiger partial charge in [0, 0.05) is 93.7 Å². The van der Waals surface area contributed by atoms with Crippen molar-refractivity contribution in [1.82, 2.24) is 39.0 Å². The number of fused-ring (bicyclic) bond motifs is 2. The molecule has 0 saturated carbocycles. The summed E-state index contributed by atoms with van der Waals surface area (Å²) in [5.74, 6) is -1.13. The minimum Gasteiger partial charge on any atom is -0.491 e. The third-order valence-corrected chi connectivity index (χ3v) is 11.4. The lowest BCUT2D eigenvalue weighted by Gasteiger charge is -2.27. The molecular formula is C41H56N14O5S. The molecule has 6 rings (SSSR count). The first kappa shape index (κ1) is 44.6. The highest BCUT2D eigenvalue weighted by Gasteiger charge is 2.26. The van der Waals surface area contributed by atoms with Crippen LogP contribution in [-0.4, -0.2) is 122 Å². The molecule has 0 unspecified atom stereocenters. The molecule has 1 aromatic carbocycles. The molecule has 4 amide bonds. The van der Waals surface area contributed by atoms with Gasteiger partial charge in [-0.05, 0) is 58.4 Å². The number of aryl methyl sites for hydroxylation is 2. The number of thiazole rings is 1. The number of hydrogen-bond donors (Lipinski definition) is 5. The van der Waals surface area contributed by atoms with E-state index in [-0.39, 0.29) is 36.2 Å². The van der Waals surface area contributed by atoms with Crippen LogP contribution in [0.4, 0.5) is 5.95 Å². The first-order valence-electron chi connectivity index (χ1n) is 20.6. The van der Waals surface area contributed by atoms with Gasteiger partial charge in [-0.25, -0.2) is 4.98 Å². The van der Waals surface area contributed by atoms with Gasteiger partial charge in [-0.3, -0.25) is 34.2 Å². The second kappa shape index (κ2) is 20.5. The molecule has 8 N–H and O–H groups in total. The third kappa shape index (κ3) is 10.9. The lowest BCUT2D eigenvalue weighted by Crippen LogP contribution is -2.43. The van der Waals surface area contributed by atoms with E-state index in [1.165, 1.54) is 17.4 Å². The maximum absolute atomic E-state index is 13.7. The van der Waals surface area contributed by atoms with Crippen LogP contribution in [0.25, 0.3) is 11.0 Å². The Bertz CT molecular complexity index is 2430. The summed E-state index contributed by atoms with van der Waals surface area (Å²) in [4.78, 5) is 71.5. The van der Waals surface area contributed by atoms with Crippen LogP contribution < -0.4 is 37.4 Å². The number of nitrogens with one attached hydrogen (secondary N) is 2. The number of carbonyl (C=O) groups is 4. The van der Waals surface area contributed by atoms with Gasteiger partial charge in [0.05, 0.1) is 30.9 Å². The van der Waals surface area contributed by atoms with Gasteiger partial charge in [0.15, 0.2) is 4.80 Å². The number of primary amides is 1. The highest BCUT2D eigenvalue weighted by atomic mass is 32.1. The number of nitrogens with zero attached hydrogens (tertiary/aromatic N) is 9. The topological polar surface area (TPSA) is 251 Å². The quantitative estimate of drug-likeness (QED) is 0.0575. The molecule has 0 atom stereocenters. The zero-order chi connectivity index (χ0) is 43.6. The van der Waals surface area contributed by atoms with E-state index in [9.17, 15) is 19.2 Å². The summed E-state index contributed by atoms with van der Waals surface area (Å²) >= 11 is 1.37. The number of hydrogen-bond acceptors (Lipinski definition) is 13. The van der Waals surface area contributed by atoms with Gasteiger partial charge in [0.1, 0.15) is 22.7 Å². The predicted octanol–water partition coefficient (Wildman–Crippen LogP) is 1.30. The Balaban J connectivity index is 1.36. The highest BCUT2D eigenvalue weighted by molar-refractivity contribution is 7.09. The Hall–Kier alpha value is -5.96. The normalized spacial score (nSPS) is 15.5. The minimum absolute atomic E-state index is 0.0892. The summed E-state index contributed by atoms with van der Waals surface area (Å²) in [5, 5.41) is 10.7. The standard InChI is InChI=1S/C41H56N14O5S/c1-5-46-30(20-26(3)43)38(58)48-40-47-29-22-28(37(44)57)23-33(60-19-9-13-51-17-11-45-12-18-51)36(29)54(40)15-8-7-14-53-31-10-16-52(35(56)24-42)25-34(31)61-41(53)49-39(59)32-21-27(4)50-55(32)6-2/h7-8,20-23,45H,5-6,9-19,24-25,42-43H2,1-4H3,(H2,44,57)(H,47,48,58)/b8-7+,26-20-,46-30?,49-41?. The lowest BCUT2D eigenvalue weighted by atomic mass is 10.1. The van der Waals surface area contributed by atoms with Crippen LogP contribution in [0.5, 0.6) is 5.75 Å². The molecule has 1 saturated heterocycles. The van der Waals surface area contributed by atoms with Crippen molar-refractivity contribution in [2.45, 2.75) is 66.7 Å². The lowest BCUT2D eigenvalue weighted by molar-refractivity contribution is -0.130. The number of aliphatic imine (C=N–C) groups is 1. The molecular weight excluding hydrogens is 801 g/mol. The SMILES string of the molecule is CCN=C(/C=C(/C)N)C(=O)Nc1nc2cc(C(N)=O)cc(OCCCN3CCNCC3)c2n1C/C=C/Cn1c2c(sc1=NC(=O)c1cc(C)nn1CC)CN(C(=O)CN)CC2. The molecule has 5 heterocycles. The van der Waals surface area contributed by atoms with Crippen molar-refractivity contribution in [3.8, 4) is 5.75 Å². The highest BCUT2D eigenvalue weighted by Crippen LogP contribution is 2.31. The van der Waals surface area contributed by atoms with Crippen LogP contribution in [0.3, 0.4) is 0 Å². The van der Waals surface area contributed by atoms with Gasteiger partial charge >= 0.3 is 0 Å². The van der Waals surface area contributed by atoms with Crippen molar-refractivity contribution < 1.29 is 23.9 Å². The van der Waals surface area contributed by atoms with Gasteiger partial charge in [0.2, 0.25) is 17.8 Å². The zero-order valence-electron chi connectivity index (χ0n) is 35.3. The number of ether oxygens (including phenoxy) is 1. The molecule has 61 heavy (non-hydrogen) atoms. The maximum atomic E-state index is 13.7. The molecule has 0 spiro atoms. The van der Waals surface area contributed by atoms with E-state index >= 15 is 0 Å². The molecule has 19 nitrogen and oxygen atoms in total. The molecule has 1 fully saturated rings. The molecule has 2 aliphatic rings. The second-order valence-electron chi connectivity index (χ2n) is 14.8. The van der Waals surface area contributed by atoms with E-state index in [2.05, 4.69) is 30.6 Å². The molecule has 0 bridgehead atoms. The molecule has 0 aliphatic carbocycles. The summed E-state index contributed by atoms with van der Waals surface area (Å²) in [5.41, 5.74) is 21.2. The van der Waals surface area contributed by atoms with Crippen molar-refractivity contribution in [2.24, 2.45) is 27.2 Å². The van der Waals surface area contributed by atoms with E-state index in [1.54, 1.807) is 39.3 Å². The number of carbonyl (C=O) groups excluding carboxylic acids is 4. The van der Waals surface area contributed by atoms with Crippen LogP contribution in [0.15, 0.2) is 52.1 Å². The van der Waals surface area contributed by atoms with Crippen LogP contribution in [0.2, 0.25) is 0 Å². The Labute approximate surface area is 358 Å². The van der Waals surface area contributed by atoms with E-state index in [1.807, 2.05) is 37.5 Å². The van der Waals surface area contributed by atoms with Crippen LogP contribution in [-0.2, 0) is 42.2 Å². The molecule has 3 aromatic heterocycles. The van der Waals surface area contributed by atoms with Gasteiger partial charge in [0.25, 0.3) is 11.8 Å². The Morgan fingerprint density at radius 2 is 1.80 bits per heavy atom. The Morgan fingerprint density at radius 1 is 1.05 bits per heavy atom. The fourth-order valence-electron chi connectivity index (χ4n) is 7.35. The number of anilines is 1. The Morgan fingerprint density at radius 3 is 2.49 bits per heavy atom.